The number of aliphatic hydroxyl groups excluding tert-OH is 1. The van der Waals surface area contributed by atoms with Crippen molar-refractivity contribution < 1.29 is 19.8 Å². The van der Waals surface area contributed by atoms with E-state index in [1.165, 1.54) is 0 Å². The van der Waals surface area contributed by atoms with Crippen LogP contribution in [0.2, 0.25) is 0 Å². The summed E-state index contributed by atoms with van der Waals surface area (Å²) in [7, 11) is 0. The first-order chi connectivity index (χ1) is 8.50. The van der Waals surface area contributed by atoms with Crippen LogP contribution >= 0.6 is 0 Å². The van der Waals surface area contributed by atoms with Gasteiger partial charge in [-0.25, -0.2) is 4.79 Å². The van der Waals surface area contributed by atoms with Crippen LogP contribution < -0.4 is 11.1 Å². The highest BCUT2D eigenvalue weighted by atomic mass is 16.4. The summed E-state index contributed by atoms with van der Waals surface area (Å²) >= 11 is 0. The monoisotopic (exact) mass is 252 g/mol. The first-order valence-corrected chi connectivity index (χ1v) is 5.49. The zero-order valence-corrected chi connectivity index (χ0v) is 9.74. The van der Waals surface area contributed by atoms with Crippen LogP contribution in [0.4, 0.5) is 0 Å². The van der Waals surface area contributed by atoms with Crippen LogP contribution in [-0.4, -0.2) is 40.8 Å². The average Bonchev–Trinajstić information content (AvgIpc) is 2.36. The molecular weight excluding hydrogens is 236 g/mol. The predicted molar refractivity (Wildman–Crippen MR) is 64.8 cm³/mol. The van der Waals surface area contributed by atoms with Crippen LogP contribution in [0.5, 0.6) is 0 Å². The molecule has 98 valence electrons. The van der Waals surface area contributed by atoms with Crippen LogP contribution in [-0.2, 0) is 16.0 Å². The fourth-order valence-electron chi connectivity index (χ4n) is 1.38. The first kappa shape index (κ1) is 14.1. The van der Waals surface area contributed by atoms with Gasteiger partial charge in [0.05, 0.1) is 12.6 Å². The normalized spacial score (nSPS) is 13.7. The molecule has 1 unspecified atom stereocenters. The average molecular weight is 252 g/mol. The molecule has 0 aliphatic carbocycles. The van der Waals surface area contributed by atoms with Crippen molar-refractivity contribution in [1.82, 2.24) is 5.32 Å². The van der Waals surface area contributed by atoms with Crippen molar-refractivity contribution in [3.63, 3.8) is 0 Å². The number of amides is 1. The minimum atomic E-state index is -1.61. The van der Waals surface area contributed by atoms with E-state index < -0.39 is 24.0 Å². The Balaban J connectivity index is 2.40. The second-order valence-electron chi connectivity index (χ2n) is 3.90. The SMILES string of the molecule is NC(Cc1ccccc1)C(=O)NC[C@H](O)C(=O)O. The highest BCUT2D eigenvalue weighted by molar-refractivity contribution is 5.82. The van der Waals surface area contributed by atoms with Gasteiger partial charge in [-0.15, -0.1) is 0 Å². The molecule has 0 aliphatic heterocycles. The Hall–Kier alpha value is -1.92. The van der Waals surface area contributed by atoms with Gasteiger partial charge in [0.2, 0.25) is 5.91 Å². The zero-order valence-electron chi connectivity index (χ0n) is 9.74. The van der Waals surface area contributed by atoms with Crippen LogP contribution in [0.1, 0.15) is 5.56 Å². The number of nitrogens with two attached hydrogens (primary N) is 1. The minimum absolute atomic E-state index is 0.351. The Morgan fingerprint density at radius 3 is 2.44 bits per heavy atom. The Kier molecular flexibility index (Phi) is 5.29. The molecule has 0 radical (unpaired) electrons. The molecule has 0 spiro atoms. The second-order valence-corrected chi connectivity index (χ2v) is 3.90. The number of benzene rings is 1. The second kappa shape index (κ2) is 6.73. The molecule has 1 rings (SSSR count). The largest absolute Gasteiger partial charge is 0.479 e. The third-order valence-electron chi connectivity index (χ3n) is 2.39. The van der Waals surface area contributed by atoms with Crippen molar-refractivity contribution in [2.75, 3.05) is 6.54 Å². The van der Waals surface area contributed by atoms with Crippen molar-refractivity contribution >= 4 is 11.9 Å². The topological polar surface area (TPSA) is 113 Å². The summed E-state index contributed by atoms with van der Waals surface area (Å²) in [6.45, 7) is -0.351. The van der Waals surface area contributed by atoms with Gasteiger partial charge in [-0.3, -0.25) is 4.79 Å². The van der Waals surface area contributed by atoms with Crippen molar-refractivity contribution in [3.8, 4) is 0 Å². The molecule has 0 heterocycles. The third-order valence-corrected chi connectivity index (χ3v) is 2.39. The van der Waals surface area contributed by atoms with Gasteiger partial charge >= 0.3 is 5.97 Å². The Morgan fingerprint density at radius 2 is 1.89 bits per heavy atom. The molecular formula is C12H16N2O4. The predicted octanol–water partition coefficient (Wildman–Crippen LogP) is -0.882. The summed E-state index contributed by atoms with van der Waals surface area (Å²) < 4.78 is 0. The van der Waals surface area contributed by atoms with Crippen molar-refractivity contribution in [2.45, 2.75) is 18.6 Å². The fraction of sp³-hybridized carbons (Fsp3) is 0.333. The fourth-order valence-corrected chi connectivity index (χ4v) is 1.38. The van der Waals surface area contributed by atoms with Gasteiger partial charge in [-0.2, -0.15) is 0 Å². The van der Waals surface area contributed by atoms with E-state index in [0.29, 0.717) is 6.42 Å². The third kappa shape index (κ3) is 4.52. The molecule has 1 amide bonds. The van der Waals surface area contributed by atoms with E-state index in [2.05, 4.69) is 5.32 Å². The van der Waals surface area contributed by atoms with Crippen molar-refractivity contribution in [2.24, 2.45) is 5.73 Å². The molecule has 0 aromatic heterocycles. The molecule has 1 aromatic carbocycles. The van der Waals surface area contributed by atoms with E-state index in [4.69, 9.17) is 15.9 Å². The smallest absolute Gasteiger partial charge is 0.334 e. The van der Waals surface area contributed by atoms with Crippen molar-refractivity contribution in [3.05, 3.63) is 35.9 Å². The number of aliphatic hydroxyl groups is 1. The van der Waals surface area contributed by atoms with Crippen LogP contribution in [0.3, 0.4) is 0 Å². The van der Waals surface area contributed by atoms with Gasteiger partial charge in [0.15, 0.2) is 6.10 Å². The van der Waals surface area contributed by atoms with E-state index in [0.717, 1.165) is 5.56 Å². The number of hydrogen-bond donors (Lipinski definition) is 4. The molecule has 2 atom stereocenters. The lowest BCUT2D eigenvalue weighted by atomic mass is 10.1. The lowest BCUT2D eigenvalue weighted by Gasteiger charge is -2.13. The van der Waals surface area contributed by atoms with Gasteiger partial charge in [0.1, 0.15) is 0 Å². The van der Waals surface area contributed by atoms with Gasteiger partial charge in [0, 0.05) is 0 Å². The lowest BCUT2D eigenvalue weighted by Crippen LogP contribution is -2.45. The molecule has 18 heavy (non-hydrogen) atoms. The number of rotatable bonds is 6. The van der Waals surface area contributed by atoms with Gasteiger partial charge in [-0.1, -0.05) is 30.3 Å². The van der Waals surface area contributed by atoms with Gasteiger partial charge in [-0.05, 0) is 12.0 Å². The number of nitrogens with one attached hydrogen (secondary N) is 1. The highest BCUT2D eigenvalue weighted by Gasteiger charge is 2.18. The number of aliphatic carboxylic acids is 1. The Labute approximate surface area is 104 Å². The summed E-state index contributed by atoms with van der Waals surface area (Å²) in [5.41, 5.74) is 6.59. The quantitative estimate of drug-likeness (QED) is 0.525. The van der Waals surface area contributed by atoms with Crippen LogP contribution in [0.25, 0.3) is 0 Å². The van der Waals surface area contributed by atoms with E-state index >= 15 is 0 Å². The Morgan fingerprint density at radius 1 is 1.28 bits per heavy atom. The molecule has 0 saturated heterocycles. The molecule has 0 fully saturated rings. The molecule has 0 bridgehead atoms. The maximum absolute atomic E-state index is 11.5. The maximum atomic E-state index is 11.5. The van der Waals surface area contributed by atoms with E-state index in [1.807, 2.05) is 30.3 Å². The van der Waals surface area contributed by atoms with E-state index in [9.17, 15) is 9.59 Å². The minimum Gasteiger partial charge on any atom is -0.479 e. The molecule has 1 aromatic rings. The standard InChI is InChI=1S/C12H16N2O4/c13-9(6-8-4-2-1-3-5-8)11(16)14-7-10(15)12(17)18/h1-5,9-10,15H,6-7,13H2,(H,14,16)(H,17,18)/t9?,10-/m0/s1. The number of carboxylic acids is 1. The lowest BCUT2D eigenvalue weighted by molar-refractivity contribution is -0.146. The summed E-state index contributed by atoms with van der Waals surface area (Å²) in [6.07, 6.45) is -1.26. The zero-order chi connectivity index (χ0) is 13.5. The first-order valence-electron chi connectivity index (χ1n) is 5.49. The molecule has 0 aliphatic rings. The number of carbonyl (C=O) groups excluding carboxylic acids is 1. The maximum Gasteiger partial charge on any atom is 0.334 e. The number of carboxylic acid groups (broad SMARTS) is 1. The number of carbonyl (C=O) groups is 2. The van der Waals surface area contributed by atoms with Gasteiger partial charge in [0.25, 0.3) is 0 Å². The van der Waals surface area contributed by atoms with E-state index in [-0.39, 0.29) is 6.54 Å². The molecule has 0 saturated carbocycles. The highest BCUT2D eigenvalue weighted by Crippen LogP contribution is 2.01. The van der Waals surface area contributed by atoms with E-state index in [1.54, 1.807) is 0 Å². The summed E-state index contributed by atoms with van der Waals surface area (Å²) in [5.74, 6) is -1.87. The van der Waals surface area contributed by atoms with Crippen molar-refractivity contribution in [1.29, 1.82) is 0 Å². The molecule has 6 heteroatoms. The van der Waals surface area contributed by atoms with Crippen LogP contribution in [0.15, 0.2) is 30.3 Å². The summed E-state index contributed by atoms with van der Waals surface area (Å²) in [6, 6.07) is 8.47. The molecule has 5 N–H and O–H groups in total. The van der Waals surface area contributed by atoms with Gasteiger partial charge < -0.3 is 21.3 Å². The number of hydrogen-bond acceptors (Lipinski definition) is 4. The molecule has 6 nitrogen and oxygen atoms in total. The summed E-state index contributed by atoms with van der Waals surface area (Å²) in [4.78, 5) is 21.9. The van der Waals surface area contributed by atoms with Crippen LogP contribution in [0, 0.1) is 0 Å². The Bertz CT molecular complexity index is 408. The summed E-state index contributed by atoms with van der Waals surface area (Å²) in [5, 5.41) is 19.7.